The van der Waals surface area contributed by atoms with Crippen molar-refractivity contribution in [1.29, 1.82) is 0 Å². The fourth-order valence-electron chi connectivity index (χ4n) is 3.76. The van der Waals surface area contributed by atoms with E-state index in [9.17, 15) is 18.0 Å². The van der Waals surface area contributed by atoms with Crippen LogP contribution in [-0.4, -0.2) is 36.5 Å². The molecule has 2 bridgehead atoms. The first kappa shape index (κ1) is 18.3. The third-order valence-corrected chi connectivity index (χ3v) is 6.14. The van der Waals surface area contributed by atoms with Crippen LogP contribution in [-0.2, 0) is 6.18 Å². The minimum absolute atomic E-state index is 0.137. The number of alkyl halides is 3. The number of para-hydroxylation sites is 1. The van der Waals surface area contributed by atoms with Crippen LogP contribution in [0.3, 0.4) is 0 Å². The van der Waals surface area contributed by atoms with Crippen molar-refractivity contribution in [3.8, 4) is 10.8 Å². The van der Waals surface area contributed by atoms with Crippen LogP contribution in [0.2, 0.25) is 0 Å². The van der Waals surface area contributed by atoms with E-state index in [2.05, 4.69) is 10.2 Å². The summed E-state index contributed by atoms with van der Waals surface area (Å²) in [6.45, 7) is 3.05. The number of carbonyl (C=O) groups excluding carboxylic acids is 1. The highest BCUT2D eigenvalue weighted by Gasteiger charge is 2.36. The van der Waals surface area contributed by atoms with E-state index in [0.717, 1.165) is 49.9 Å². The lowest BCUT2D eigenvalue weighted by Crippen LogP contribution is -2.57. The summed E-state index contributed by atoms with van der Waals surface area (Å²) in [6.07, 6.45) is -2.31. The molecule has 4 heterocycles. The number of rotatable bonds is 4. The molecule has 8 heteroatoms. The van der Waals surface area contributed by atoms with Crippen molar-refractivity contribution in [3.05, 3.63) is 46.8 Å². The number of benzene rings is 1. The number of ether oxygens (including phenoxy) is 1. The molecule has 1 N–H and O–H groups in total. The molecule has 3 saturated heterocycles. The number of fused-ring (bicyclic) bond motifs is 3. The Morgan fingerprint density at radius 1 is 1.15 bits per heavy atom. The van der Waals surface area contributed by atoms with Gasteiger partial charge in [0.2, 0.25) is 0 Å². The van der Waals surface area contributed by atoms with Gasteiger partial charge < -0.3 is 15.0 Å². The first-order valence-corrected chi connectivity index (χ1v) is 9.69. The van der Waals surface area contributed by atoms with E-state index in [1.54, 1.807) is 6.07 Å². The number of hydrogen-bond donors (Lipinski definition) is 1. The molecule has 1 atom stereocenters. The van der Waals surface area contributed by atoms with Crippen LogP contribution in [0.25, 0.3) is 0 Å². The summed E-state index contributed by atoms with van der Waals surface area (Å²) in [5.74, 6) is 0.0437. The van der Waals surface area contributed by atoms with Gasteiger partial charge in [0, 0.05) is 12.6 Å². The molecule has 0 unspecified atom stereocenters. The number of amides is 1. The summed E-state index contributed by atoms with van der Waals surface area (Å²) < 4.78 is 44.6. The minimum Gasteiger partial charge on any atom is -0.446 e. The van der Waals surface area contributed by atoms with Gasteiger partial charge in [-0.25, -0.2) is 0 Å². The van der Waals surface area contributed by atoms with Gasteiger partial charge in [0.15, 0.2) is 5.06 Å². The Kier molecular flexibility index (Phi) is 4.86. The summed E-state index contributed by atoms with van der Waals surface area (Å²) in [5, 5.41) is 3.33. The Morgan fingerprint density at radius 2 is 1.89 bits per heavy atom. The first-order valence-electron chi connectivity index (χ1n) is 8.87. The number of halogens is 3. The Bertz CT molecular complexity index is 828. The van der Waals surface area contributed by atoms with Gasteiger partial charge in [-0.05, 0) is 56.1 Å². The lowest BCUT2D eigenvalue weighted by Gasteiger charge is -2.44. The van der Waals surface area contributed by atoms with Gasteiger partial charge in [-0.1, -0.05) is 23.5 Å². The average Bonchev–Trinajstić information content (AvgIpc) is 3.11. The Hall–Kier alpha value is -2.06. The molecule has 5 rings (SSSR count). The molecule has 1 aromatic carbocycles. The Labute approximate surface area is 158 Å². The predicted molar refractivity (Wildman–Crippen MR) is 96.3 cm³/mol. The lowest BCUT2D eigenvalue weighted by atomic mass is 9.84. The summed E-state index contributed by atoms with van der Waals surface area (Å²) >= 11 is 1.05. The van der Waals surface area contributed by atoms with Crippen molar-refractivity contribution in [2.45, 2.75) is 25.1 Å². The maximum Gasteiger partial charge on any atom is 0.419 e. The highest BCUT2D eigenvalue weighted by molar-refractivity contribution is 7.15. The molecule has 0 radical (unpaired) electrons. The van der Waals surface area contributed by atoms with Crippen molar-refractivity contribution >= 4 is 17.2 Å². The largest absolute Gasteiger partial charge is 0.446 e. The van der Waals surface area contributed by atoms with Crippen LogP contribution >= 0.6 is 11.3 Å². The van der Waals surface area contributed by atoms with Crippen LogP contribution in [0.15, 0.2) is 36.4 Å². The van der Waals surface area contributed by atoms with Gasteiger partial charge >= 0.3 is 6.18 Å². The standard InChI is InChI=1S/C19H19F3N2O2S/c20-19(21,22)13-3-1-2-4-15(13)26-17-6-5-16(27-17)18(25)23-14-11-24-9-7-12(14)8-10-24/h1-6,12,14H,7-11H2,(H,23,25)/t14-/m0/s1. The Morgan fingerprint density at radius 3 is 2.56 bits per heavy atom. The fraction of sp³-hybridized carbons (Fsp3) is 0.421. The van der Waals surface area contributed by atoms with Crippen molar-refractivity contribution in [3.63, 3.8) is 0 Å². The van der Waals surface area contributed by atoms with Crippen LogP contribution in [0.1, 0.15) is 28.1 Å². The van der Waals surface area contributed by atoms with E-state index in [0.29, 0.717) is 10.8 Å². The third kappa shape index (κ3) is 3.96. The summed E-state index contributed by atoms with van der Waals surface area (Å²) in [6, 6.07) is 8.31. The van der Waals surface area contributed by atoms with Crippen LogP contribution < -0.4 is 10.1 Å². The molecule has 0 aliphatic carbocycles. The van der Waals surface area contributed by atoms with Crippen LogP contribution in [0, 0.1) is 5.92 Å². The van der Waals surface area contributed by atoms with E-state index in [4.69, 9.17) is 4.74 Å². The number of hydrogen-bond acceptors (Lipinski definition) is 4. The molecule has 27 heavy (non-hydrogen) atoms. The molecular weight excluding hydrogens is 377 g/mol. The normalized spacial score (nSPS) is 24.6. The number of piperidine rings is 3. The summed E-state index contributed by atoms with van der Waals surface area (Å²) in [7, 11) is 0. The fourth-order valence-corrected chi connectivity index (χ4v) is 4.54. The topological polar surface area (TPSA) is 41.6 Å². The van der Waals surface area contributed by atoms with Gasteiger partial charge in [-0.15, -0.1) is 0 Å². The van der Waals surface area contributed by atoms with Crippen LogP contribution in [0.5, 0.6) is 10.8 Å². The number of nitrogens with one attached hydrogen (secondary N) is 1. The Balaban J connectivity index is 1.44. The maximum absolute atomic E-state index is 13.1. The zero-order chi connectivity index (χ0) is 19.0. The second kappa shape index (κ2) is 7.16. The summed E-state index contributed by atoms with van der Waals surface area (Å²) in [5.41, 5.74) is -0.836. The summed E-state index contributed by atoms with van der Waals surface area (Å²) in [4.78, 5) is 15.3. The van der Waals surface area contributed by atoms with E-state index in [-0.39, 0.29) is 22.8 Å². The molecule has 4 nitrogen and oxygen atoms in total. The molecule has 1 aromatic heterocycles. The molecule has 3 aliphatic heterocycles. The van der Waals surface area contributed by atoms with Crippen molar-refractivity contribution < 1.29 is 22.7 Å². The van der Waals surface area contributed by atoms with Gasteiger partial charge in [0.1, 0.15) is 5.75 Å². The number of thiophene rings is 1. The predicted octanol–water partition coefficient (Wildman–Crippen LogP) is 4.38. The molecule has 0 spiro atoms. The highest BCUT2D eigenvalue weighted by atomic mass is 32.1. The van der Waals surface area contributed by atoms with E-state index in [1.807, 2.05) is 0 Å². The smallest absolute Gasteiger partial charge is 0.419 e. The molecular formula is C19H19F3N2O2S. The zero-order valence-electron chi connectivity index (χ0n) is 14.5. The maximum atomic E-state index is 13.1. The third-order valence-electron chi connectivity index (χ3n) is 5.18. The van der Waals surface area contributed by atoms with E-state index in [1.165, 1.54) is 24.3 Å². The second-order valence-corrected chi connectivity index (χ2v) is 7.98. The first-order chi connectivity index (χ1) is 12.9. The molecule has 2 aromatic rings. The van der Waals surface area contributed by atoms with Gasteiger partial charge in [-0.3, -0.25) is 4.79 Å². The monoisotopic (exact) mass is 396 g/mol. The SMILES string of the molecule is O=C(N[C@H]1CN2CCC1CC2)c1ccc(Oc2ccccc2C(F)(F)F)s1. The van der Waals surface area contributed by atoms with E-state index >= 15 is 0 Å². The van der Waals surface area contributed by atoms with Gasteiger partial charge in [-0.2, -0.15) is 13.2 Å². The van der Waals surface area contributed by atoms with Crippen molar-refractivity contribution in [2.75, 3.05) is 19.6 Å². The minimum atomic E-state index is -4.50. The van der Waals surface area contributed by atoms with Crippen molar-refractivity contribution in [2.24, 2.45) is 5.92 Å². The van der Waals surface area contributed by atoms with Crippen molar-refractivity contribution in [1.82, 2.24) is 10.2 Å². The lowest BCUT2D eigenvalue weighted by molar-refractivity contribution is -0.138. The van der Waals surface area contributed by atoms with Gasteiger partial charge in [0.25, 0.3) is 5.91 Å². The molecule has 0 saturated carbocycles. The zero-order valence-corrected chi connectivity index (χ0v) is 15.3. The molecule has 3 aliphatic rings. The van der Waals surface area contributed by atoms with Crippen LogP contribution in [0.4, 0.5) is 13.2 Å². The molecule has 3 fully saturated rings. The number of nitrogens with zero attached hydrogens (tertiary/aromatic N) is 1. The van der Waals surface area contributed by atoms with E-state index < -0.39 is 11.7 Å². The second-order valence-electron chi connectivity index (χ2n) is 6.93. The number of carbonyl (C=O) groups is 1. The molecule has 144 valence electrons. The quantitative estimate of drug-likeness (QED) is 0.834. The molecule has 1 amide bonds. The highest BCUT2D eigenvalue weighted by Crippen LogP contribution is 2.39. The van der Waals surface area contributed by atoms with Gasteiger partial charge in [0.05, 0.1) is 10.4 Å². The average molecular weight is 396 g/mol.